The zero-order chi connectivity index (χ0) is 23.4. The van der Waals surface area contributed by atoms with E-state index < -0.39 is 0 Å². The fourth-order valence-corrected chi connectivity index (χ4v) is 5.43. The number of carbonyl (C=O) groups excluding carboxylic acids is 1. The molecule has 0 bridgehead atoms. The summed E-state index contributed by atoms with van der Waals surface area (Å²) in [4.78, 5) is 21.0. The van der Waals surface area contributed by atoms with Gasteiger partial charge in [0.15, 0.2) is 0 Å². The summed E-state index contributed by atoms with van der Waals surface area (Å²) in [6.07, 6.45) is 10.5. The van der Waals surface area contributed by atoms with E-state index in [4.69, 9.17) is 4.98 Å². The van der Waals surface area contributed by atoms with Crippen molar-refractivity contribution in [3.05, 3.63) is 59.4 Å². The molecule has 4 rings (SSSR count). The molecule has 2 aliphatic carbocycles. The molecule has 1 aromatic carbocycles. The Morgan fingerprint density at radius 3 is 2.15 bits per heavy atom. The number of nitrogens with one attached hydrogen (secondary N) is 1. The van der Waals surface area contributed by atoms with Gasteiger partial charge in [-0.15, -0.1) is 0 Å². The van der Waals surface area contributed by atoms with Crippen LogP contribution in [0.2, 0.25) is 0 Å². The lowest BCUT2D eigenvalue weighted by Gasteiger charge is -2.39. The summed E-state index contributed by atoms with van der Waals surface area (Å²) in [6, 6.07) is 12.7. The highest BCUT2D eigenvalue weighted by atomic mass is 16.2. The molecule has 1 aromatic heterocycles. The number of amides is 2. The van der Waals surface area contributed by atoms with E-state index in [-0.39, 0.29) is 12.1 Å². The summed E-state index contributed by atoms with van der Waals surface area (Å²) in [6.45, 7) is 9.64. The molecule has 33 heavy (non-hydrogen) atoms. The Bertz CT molecular complexity index is 887. The zero-order valence-corrected chi connectivity index (χ0v) is 20.9. The minimum atomic E-state index is 0.0399. The predicted molar refractivity (Wildman–Crippen MR) is 137 cm³/mol. The lowest BCUT2D eigenvalue weighted by Crippen LogP contribution is -2.43. The van der Waals surface area contributed by atoms with Crippen molar-refractivity contribution in [1.29, 1.82) is 0 Å². The van der Waals surface area contributed by atoms with Crippen molar-refractivity contribution >= 4 is 11.7 Å². The quantitative estimate of drug-likeness (QED) is 0.447. The van der Waals surface area contributed by atoms with E-state index in [2.05, 4.69) is 68.2 Å². The largest absolute Gasteiger partial charge is 0.322 e. The zero-order valence-electron chi connectivity index (χ0n) is 20.9. The van der Waals surface area contributed by atoms with Gasteiger partial charge >= 0.3 is 6.03 Å². The summed E-state index contributed by atoms with van der Waals surface area (Å²) in [5.74, 6) is 1.79. The molecule has 2 aliphatic rings. The predicted octanol–water partition coefficient (Wildman–Crippen LogP) is 7.89. The second kappa shape index (κ2) is 10.7. The number of nitrogens with zero attached hydrogens (tertiary/aromatic N) is 2. The van der Waals surface area contributed by atoms with Crippen LogP contribution in [0.3, 0.4) is 0 Å². The molecule has 0 saturated heterocycles. The van der Waals surface area contributed by atoms with E-state index in [0.717, 1.165) is 17.9 Å². The monoisotopic (exact) mass is 447 g/mol. The maximum atomic E-state index is 14.1. The third-order valence-electron chi connectivity index (χ3n) is 7.44. The molecule has 2 fully saturated rings. The van der Waals surface area contributed by atoms with E-state index >= 15 is 0 Å². The molecule has 2 aromatic rings. The van der Waals surface area contributed by atoms with E-state index in [1.54, 1.807) is 0 Å². The van der Waals surface area contributed by atoms with Gasteiger partial charge in [0.25, 0.3) is 0 Å². The molecular weight excluding hydrogens is 406 g/mol. The van der Waals surface area contributed by atoms with Crippen LogP contribution in [-0.4, -0.2) is 22.5 Å². The van der Waals surface area contributed by atoms with Crippen molar-refractivity contribution in [3.63, 3.8) is 0 Å². The first-order valence-corrected chi connectivity index (χ1v) is 13.1. The number of pyridine rings is 1. The molecular formula is C29H41N3O. The molecule has 1 atom stereocenters. The summed E-state index contributed by atoms with van der Waals surface area (Å²) >= 11 is 0. The molecule has 1 N–H and O–H groups in total. The summed E-state index contributed by atoms with van der Waals surface area (Å²) in [5, 5.41) is 3.42. The molecule has 1 heterocycles. The van der Waals surface area contributed by atoms with Crippen LogP contribution in [0.1, 0.15) is 107 Å². The first-order chi connectivity index (χ1) is 16.0. The van der Waals surface area contributed by atoms with Crippen LogP contribution >= 0.6 is 0 Å². The lowest BCUT2D eigenvalue weighted by atomic mass is 9.81. The Morgan fingerprint density at radius 2 is 1.61 bits per heavy atom. The Balaban J connectivity index is 1.70. The van der Waals surface area contributed by atoms with Gasteiger partial charge in [-0.1, -0.05) is 71.2 Å². The number of hydrogen-bond acceptors (Lipinski definition) is 2. The van der Waals surface area contributed by atoms with Gasteiger partial charge in [-0.3, -0.25) is 4.98 Å². The van der Waals surface area contributed by atoms with Gasteiger partial charge in [-0.25, -0.2) is 4.79 Å². The number of benzene rings is 1. The van der Waals surface area contributed by atoms with Gasteiger partial charge in [0.05, 0.1) is 11.7 Å². The first-order valence-electron chi connectivity index (χ1n) is 13.1. The highest BCUT2D eigenvalue weighted by Gasteiger charge is 2.37. The van der Waals surface area contributed by atoms with Crippen LogP contribution < -0.4 is 5.32 Å². The fraction of sp³-hybridized carbons (Fsp3) is 0.586. The topological polar surface area (TPSA) is 45.2 Å². The van der Waals surface area contributed by atoms with Gasteiger partial charge in [0.1, 0.15) is 0 Å². The molecule has 0 aliphatic heterocycles. The van der Waals surface area contributed by atoms with Crippen LogP contribution in [-0.2, 0) is 0 Å². The van der Waals surface area contributed by atoms with Crippen LogP contribution in [0.15, 0.2) is 42.6 Å². The smallest absolute Gasteiger partial charge is 0.315 e. The molecule has 2 saturated carbocycles. The number of carbonyl (C=O) groups is 1. The van der Waals surface area contributed by atoms with Gasteiger partial charge in [0, 0.05) is 18.4 Å². The Hall–Kier alpha value is -2.36. The van der Waals surface area contributed by atoms with E-state index in [9.17, 15) is 4.79 Å². The minimum absolute atomic E-state index is 0.0399. The van der Waals surface area contributed by atoms with Crippen LogP contribution in [0.25, 0.3) is 0 Å². The molecule has 4 nitrogen and oxygen atoms in total. The fourth-order valence-electron chi connectivity index (χ4n) is 5.43. The number of para-hydroxylation sites is 1. The number of urea groups is 1. The summed E-state index contributed by atoms with van der Waals surface area (Å²) in [7, 11) is 0. The van der Waals surface area contributed by atoms with E-state index in [1.807, 2.05) is 12.3 Å². The number of aromatic nitrogens is 1. The third kappa shape index (κ3) is 5.77. The van der Waals surface area contributed by atoms with E-state index in [1.165, 1.54) is 56.1 Å². The van der Waals surface area contributed by atoms with Crippen molar-refractivity contribution in [2.24, 2.45) is 11.8 Å². The Labute approximate surface area is 200 Å². The highest BCUT2D eigenvalue weighted by molar-refractivity contribution is 5.91. The number of hydrogen-bond donors (Lipinski definition) is 1. The number of anilines is 1. The van der Waals surface area contributed by atoms with Crippen LogP contribution in [0.4, 0.5) is 10.5 Å². The highest BCUT2D eigenvalue weighted by Crippen LogP contribution is 2.41. The standard InChI is InChI=1S/C29H41N3O/c1-20(2)24-13-10-14-25(21(3)4)27(24)31-29(33)32(19-22-16-17-22)28(23-11-6-5-7-12-23)26-15-8-9-18-30-26/h8-10,13-15,18,20-23,28H,5-7,11-12,16-17,19H2,1-4H3,(H,31,33). The maximum Gasteiger partial charge on any atom is 0.322 e. The Kier molecular flexibility index (Phi) is 7.72. The van der Waals surface area contributed by atoms with Crippen molar-refractivity contribution in [3.8, 4) is 0 Å². The normalized spacial score (nSPS) is 17.9. The van der Waals surface area contributed by atoms with Crippen LogP contribution in [0, 0.1) is 11.8 Å². The Morgan fingerprint density at radius 1 is 0.939 bits per heavy atom. The van der Waals surface area contributed by atoms with Gasteiger partial charge in [-0.05, 0) is 72.6 Å². The van der Waals surface area contributed by atoms with Gasteiger partial charge in [-0.2, -0.15) is 0 Å². The van der Waals surface area contributed by atoms with Crippen LogP contribution in [0.5, 0.6) is 0 Å². The average molecular weight is 448 g/mol. The molecule has 0 spiro atoms. The summed E-state index contributed by atoms with van der Waals surface area (Å²) < 4.78 is 0. The summed E-state index contributed by atoms with van der Waals surface area (Å²) in [5.41, 5.74) is 4.49. The van der Waals surface area contributed by atoms with Crippen molar-refractivity contribution in [2.45, 2.75) is 90.5 Å². The molecule has 1 unspecified atom stereocenters. The van der Waals surface area contributed by atoms with Crippen molar-refractivity contribution in [1.82, 2.24) is 9.88 Å². The minimum Gasteiger partial charge on any atom is -0.315 e. The van der Waals surface area contributed by atoms with E-state index in [0.29, 0.717) is 23.7 Å². The first kappa shape index (κ1) is 23.8. The van der Waals surface area contributed by atoms with Crippen molar-refractivity contribution < 1.29 is 4.79 Å². The molecule has 4 heteroatoms. The molecule has 178 valence electrons. The second-order valence-electron chi connectivity index (χ2n) is 10.7. The number of rotatable bonds is 8. The van der Waals surface area contributed by atoms with Gasteiger partial charge < -0.3 is 10.2 Å². The molecule has 0 radical (unpaired) electrons. The molecule has 2 amide bonds. The third-order valence-corrected chi connectivity index (χ3v) is 7.44. The van der Waals surface area contributed by atoms with Gasteiger partial charge in [0.2, 0.25) is 0 Å². The lowest BCUT2D eigenvalue weighted by molar-refractivity contribution is 0.132. The van der Waals surface area contributed by atoms with Crippen molar-refractivity contribution in [2.75, 3.05) is 11.9 Å². The average Bonchev–Trinajstić information content (AvgIpc) is 3.64. The second-order valence-corrected chi connectivity index (χ2v) is 10.7. The SMILES string of the molecule is CC(C)c1cccc(C(C)C)c1NC(=O)N(CC1CC1)C(c1ccccn1)C1CCCCC1. The maximum absolute atomic E-state index is 14.1.